The van der Waals surface area contributed by atoms with E-state index in [0.29, 0.717) is 5.69 Å². The lowest BCUT2D eigenvalue weighted by atomic mass is 10.4. The molecule has 16 heavy (non-hydrogen) atoms. The van der Waals surface area contributed by atoms with Crippen LogP contribution in [0.4, 0.5) is 0 Å². The number of rotatable bonds is 4. The van der Waals surface area contributed by atoms with E-state index in [1.165, 1.54) is 4.90 Å². The first-order chi connectivity index (χ1) is 7.78. The minimum atomic E-state index is 0.518. The minimum Gasteiger partial charge on any atom is -0.339 e. The molecule has 1 aromatic heterocycles. The third-order valence-corrected chi connectivity index (χ3v) is 3.44. The van der Waals surface area contributed by atoms with Crippen LogP contribution in [0.1, 0.15) is 16.3 Å². The Bertz CT molecular complexity index is 498. The van der Waals surface area contributed by atoms with Crippen molar-refractivity contribution >= 4 is 34.0 Å². The van der Waals surface area contributed by atoms with Crippen LogP contribution in [0.2, 0.25) is 0 Å². The first kappa shape index (κ1) is 11.4. The zero-order valence-corrected chi connectivity index (χ0v) is 10.7. The van der Waals surface area contributed by atoms with Gasteiger partial charge in [-0.25, -0.2) is 4.98 Å². The fourth-order valence-electron chi connectivity index (χ4n) is 1.22. The van der Waals surface area contributed by atoms with Crippen molar-refractivity contribution in [1.29, 1.82) is 0 Å². The molecular formula is C11H9BrN2OS. The van der Waals surface area contributed by atoms with Crippen molar-refractivity contribution in [3.63, 3.8) is 0 Å². The number of hydrogen-bond acceptors (Lipinski definition) is 3. The van der Waals surface area contributed by atoms with Gasteiger partial charge < -0.3 is 4.98 Å². The molecule has 0 spiro atoms. The second kappa shape index (κ2) is 5.32. The average Bonchev–Trinajstić information content (AvgIpc) is 2.74. The molecule has 1 aromatic carbocycles. The minimum absolute atomic E-state index is 0.518. The maximum absolute atomic E-state index is 10.5. The Morgan fingerprint density at radius 1 is 1.50 bits per heavy atom. The number of benzene rings is 1. The van der Waals surface area contributed by atoms with Crippen molar-refractivity contribution in [1.82, 2.24) is 9.97 Å². The van der Waals surface area contributed by atoms with Gasteiger partial charge in [-0.2, -0.15) is 0 Å². The molecule has 0 atom stereocenters. The Labute approximate surface area is 106 Å². The molecular weight excluding hydrogens is 288 g/mol. The zero-order valence-electron chi connectivity index (χ0n) is 8.31. The van der Waals surface area contributed by atoms with Crippen LogP contribution in [0, 0.1) is 0 Å². The number of aldehydes is 1. The molecule has 0 aliphatic rings. The van der Waals surface area contributed by atoms with Crippen molar-refractivity contribution in [2.24, 2.45) is 0 Å². The van der Waals surface area contributed by atoms with Crippen molar-refractivity contribution in [2.45, 2.75) is 10.6 Å². The summed E-state index contributed by atoms with van der Waals surface area (Å²) in [7, 11) is 0. The lowest BCUT2D eigenvalue weighted by Gasteiger charge is -1.99. The molecule has 0 fully saturated rings. The van der Waals surface area contributed by atoms with Crippen LogP contribution < -0.4 is 0 Å². The largest absolute Gasteiger partial charge is 0.339 e. The smallest absolute Gasteiger partial charge is 0.167 e. The molecule has 2 aromatic rings. The van der Waals surface area contributed by atoms with E-state index in [4.69, 9.17) is 0 Å². The van der Waals surface area contributed by atoms with E-state index in [1.807, 2.05) is 24.3 Å². The summed E-state index contributed by atoms with van der Waals surface area (Å²) in [6, 6.07) is 8.07. The third kappa shape index (κ3) is 2.96. The van der Waals surface area contributed by atoms with Gasteiger partial charge >= 0.3 is 0 Å². The van der Waals surface area contributed by atoms with Crippen molar-refractivity contribution in [3.8, 4) is 0 Å². The van der Waals surface area contributed by atoms with E-state index in [2.05, 4.69) is 25.9 Å². The Morgan fingerprint density at radius 2 is 2.38 bits per heavy atom. The van der Waals surface area contributed by atoms with E-state index < -0.39 is 0 Å². The quantitative estimate of drug-likeness (QED) is 0.696. The molecule has 1 heterocycles. The number of nitrogens with zero attached hydrogens (tertiary/aromatic N) is 1. The number of imidazole rings is 1. The molecule has 1 N–H and O–H groups in total. The molecule has 0 aliphatic carbocycles. The third-order valence-electron chi connectivity index (χ3n) is 1.95. The first-order valence-electron chi connectivity index (χ1n) is 4.65. The topological polar surface area (TPSA) is 45.8 Å². The zero-order chi connectivity index (χ0) is 11.4. The SMILES string of the molecule is O=Cc1cnc(CSc2cccc(Br)c2)[nH]1. The van der Waals surface area contributed by atoms with Gasteiger partial charge in [0.15, 0.2) is 6.29 Å². The predicted molar refractivity (Wildman–Crippen MR) is 67.7 cm³/mol. The monoisotopic (exact) mass is 296 g/mol. The summed E-state index contributed by atoms with van der Waals surface area (Å²) in [6.45, 7) is 0. The fourth-order valence-corrected chi connectivity index (χ4v) is 2.61. The van der Waals surface area contributed by atoms with Gasteiger partial charge in [-0.1, -0.05) is 22.0 Å². The number of carbonyl (C=O) groups is 1. The highest BCUT2D eigenvalue weighted by molar-refractivity contribution is 9.10. The summed E-state index contributed by atoms with van der Waals surface area (Å²) in [5.74, 6) is 1.54. The van der Waals surface area contributed by atoms with Gasteiger partial charge in [-0.15, -0.1) is 11.8 Å². The molecule has 2 rings (SSSR count). The maximum Gasteiger partial charge on any atom is 0.167 e. The van der Waals surface area contributed by atoms with E-state index in [0.717, 1.165) is 22.3 Å². The fraction of sp³-hybridized carbons (Fsp3) is 0.0909. The molecule has 82 valence electrons. The van der Waals surface area contributed by atoms with Gasteiger partial charge in [0.1, 0.15) is 5.82 Å². The number of halogens is 1. The number of aromatic nitrogens is 2. The standard InChI is InChI=1S/C11H9BrN2OS/c12-8-2-1-3-10(4-8)16-7-11-13-5-9(6-15)14-11/h1-6H,7H2,(H,13,14). The predicted octanol–water partition coefficient (Wildman–Crippen LogP) is 3.28. The van der Waals surface area contributed by atoms with Crippen molar-refractivity contribution < 1.29 is 4.79 Å². The lowest BCUT2D eigenvalue weighted by Crippen LogP contribution is -1.84. The normalized spacial score (nSPS) is 10.3. The number of aromatic amines is 1. The van der Waals surface area contributed by atoms with E-state index >= 15 is 0 Å². The van der Waals surface area contributed by atoms with E-state index in [1.54, 1.807) is 18.0 Å². The maximum atomic E-state index is 10.5. The van der Waals surface area contributed by atoms with Crippen LogP contribution in [0.5, 0.6) is 0 Å². The van der Waals surface area contributed by atoms with Crippen LogP contribution >= 0.6 is 27.7 Å². The van der Waals surface area contributed by atoms with Gasteiger partial charge in [0.25, 0.3) is 0 Å². The van der Waals surface area contributed by atoms with Gasteiger partial charge in [0, 0.05) is 9.37 Å². The summed E-state index contributed by atoms with van der Waals surface area (Å²) in [4.78, 5) is 18.7. The van der Waals surface area contributed by atoms with Gasteiger partial charge in [0.2, 0.25) is 0 Å². The molecule has 3 nitrogen and oxygen atoms in total. The summed E-state index contributed by atoms with van der Waals surface area (Å²) >= 11 is 5.09. The Hall–Kier alpha value is -1.07. The summed E-state index contributed by atoms with van der Waals surface area (Å²) in [5.41, 5.74) is 0.518. The highest BCUT2D eigenvalue weighted by atomic mass is 79.9. The molecule has 0 unspecified atom stereocenters. The van der Waals surface area contributed by atoms with E-state index in [9.17, 15) is 4.79 Å². The molecule has 0 radical (unpaired) electrons. The number of carbonyl (C=O) groups excluding carboxylic acids is 1. The Morgan fingerprint density at radius 3 is 3.06 bits per heavy atom. The second-order valence-electron chi connectivity index (χ2n) is 3.15. The summed E-state index contributed by atoms with van der Waals surface area (Å²) in [5, 5.41) is 0. The molecule has 0 saturated heterocycles. The van der Waals surface area contributed by atoms with Gasteiger partial charge in [-0.3, -0.25) is 4.79 Å². The first-order valence-corrected chi connectivity index (χ1v) is 6.43. The van der Waals surface area contributed by atoms with Crippen molar-refractivity contribution in [3.05, 3.63) is 46.5 Å². The van der Waals surface area contributed by atoms with Gasteiger partial charge in [0.05, 0.1) is 17.6 Å². The van der Waals surface area contributed by atoms with Crippen LogP contribution in [0.25, 0.3) is 0 Å². The molecule has 0 amide bonds. The van der Waals surface area contributed by atoms with E-state index in [-0.39, 0.29) is 0 Å². The Kier molecular flexibility index (Phi) is 3.79. The van der Waals surface area contributed by atoms with Crippen molar-refractivity contribution in [2.75, 3.05) is 0 Å². The molecule has 0 bridgehead atoms. The van der Waals surface area contributed by atoms with Crippen LogP contribution in [-0.4, -0.2) is 16.3 Å². The highest BCUT2D eigenvalue weighted by Crippen LogP contribution is 2.24. The summed E-state index contributed by atoms with van der Waals surface area (Å²) in [6.07, 6.45) is 2.31. The average molecular weight is 297 g/mol. The molecule has 5 heteroatoms. The van der Waals surface area contributed by atoms with Crippen LogP contribution in [0.15, 0.2) is 39.8 Å². The molecule has 0 saturated carbocycles. The Balaban J connectivity index is 1.99. The van der Waals surface area contributed by atoms with Crippen LogP contribution in [0.3, 0.4) is 0 Å². The summed E-state index contributed by atoms with van der Waals surface area (Å²) < 4.78 is 1.06. The lowest BCUT2D eigenvalue weighted by molar-refractivity contribution is 0.111. The number of nitrogens with one attached hydrogen (secondary N) is 1. The van der Waals surface area contributed by atoms with Crippen LogP contribution in [-0.2, 0) is 5.75 Å². The van der Waals surface area contributed by atoms with Gasteiger partial charge in [-0.05, 0) is 18.2 Å². The second-order valence-corrected chi connectivity index (χ2v) is 5.11. The highest BCUT2D eigenvalue weighted by Gasteiger charge is 2.01. The molecule has 0 aliphatic heterocycles. The number of hydrogen-bond donors (Lipinski definition) is 1. The number of H-pyrrole nitrogens is 1. The number of thioether (sulfide) groups is 1.